The third-order valence-corrected chi connectivity index (χ3v) is 8.12. The highest BCUT2D eigenvalue weighted by molar-refractivity contribution is 7.53. The van der Waals surface area contributed by atoms with Crippen LogP contribution in [-0.2, 0) is 20.0 Å². The van der Waals surface area contributed by atoms with Crippen molar-refractivity contribution in [1.29, 1.82) is 0 Å². The normalized spacial score (nSPS) is 20.2. The molecule has 0 unspecified atom stereocenters. The molecule has 5 nitrogen and oxygen atoms in total. The number of benzene rings is 3. The second-order valence-electron chi connectivity index (χ2n) is 9.77. The molecule has 0 spiro atoms. The number of hydrogen-bond donors (Lipinski definition) is 1. The number of aryl methyl sites for hydroxylation is 3. The van der Waals surface area contributed by atoms with Gasteiger partial charge in [0.25, 0.3) is 0 Å². The Morgan fingerprint density at radius 2 is 1.80 bits per heavy atom. The van der Waals surface area contributed by atoms with Gasteiger partial charge in [0.05, 0.1) is 12.7 Å². The molecule has 0 aromatic heterocycles. The SMILES string of the molecule is Cc1cccc([C@H]2CCO[P@@](=O)(COc3cc(C)c(Cc4ccc(O)c(C(C)C)c4)c(C)c3)O2)c1. The Morgan fingerprint density at radius 3 is 2.49 bits per heavy atom. The van der Waals surface area contributed by atoms with Gasteiger partial charge in [-0.3, -0.25) is 9.09 Å². The highest BCUT2D eigenvalue weighted by Crippen LogP contribution is 2.56. The van der Waals surface area contributed by atoms with Gasteiger partial charge in [-0.2, -0.15) is 0 Å². The molecule has 1 aliphatic rings. The van der Waals surface area contributed by atoms with E-state index in [0.717, 1.165) is 39.8 Å². The zero-order valence-electron chi connectivity index (χ0n) is 21.2. The van der Waals surface area contributed by atoms with Crippen LogP contribution in [0.1, 0.15) is 71.2 Å². The second kappa shape index (κ2) is 10.6. The summed E-state index contributed by atoms with van der Waals surface area (Å²) < 4.78 is 30.7. The lowest BCUT2D eigenvalue weighted by Crippen LogP contribution is -2.17. The van der Waals surface area contributed by atoms with E-state index in [-0.39, 0.29) is 18.4 Å². The molecule has 6 heteroatoms. The number of phenolic OH excluding ortho intramolecular Hbond substituents is 1. The first-order chi connectivity index (χ1) is 16.6. The van der Waals surface area contributed by atoms with Crippen LogP contribution in [0.25, 0.3) is 0 Å². The highest BCUT2D eigenvalue weighted by Gasteiger charge is 2.35. The Balaban J connectivity index is 1.45. The van der Waals surface area contributed by atoms with Gasteiger partial charge in [-0.25, -0.2) is 0 Å². The van der Waals surface area contributed by atoms with Crippen LogP contribution in [0, 0.1) is 20.8 Å². The fraction of sp³-hybridized carbons (Fsp3) is 0.379. The van der Waals surface area contributed by atoms with Crippen LogP contribution in [0.4, 0.5) is 0 Å². The van der Waals surface area contributed by atoms with Crippen LogP contribution in [0.2, 0.25) is 0 Å². The molecule has 1 heterocycles. The summed E-state index contributed by atoms with van der Waals surface area (Å²) in [5.74, 6) is 1.25. The predicted molar refractivity (Wildman–Crippen MR) is 140 cm³/mol. The lowest BCUT2D eigenvalue weighted by atomic mass is 9.93. The molecule has 4 rings (SSSR count). The van der Waals surface area contributed by atoms with E-state index in [4.69, 9.17) is 13.8 Å². The Hall–Kier alpha value is -2.59. The van der Waals surface area contributed by atoms with Crippen LogP contribution >= 0.6 is 7.60 Å². The van der Waals surface area contributed by atoms with Gasteiger partial charge in [-0.15, -0.1) is 0 Å². The summed E-state index contributed by atoms with van der Waals surface area (Å²) in [6.07, 6.45) is 1.05. The fourth-order valence-corrected chi connectivity index (χ4v) is 6.09. The van der Waals surface area contributed by atoms with Crippen LogP contribution in [0.3, 0.4) is 0 Å². The van der Waals surface area contributed by atoms with E-state index in [1.807, 2.05) is 43.3 Å². The highest BCUT2D eigenvalue weighted by atomic mass is 31.2. The van der Waals surface area contributed by atoms with Gasteiger partial charge in [-0.05, 0) is 84.7 Å². The third kappa shape index (κ3) is 6.16. The number of aromatic hydroxyl groups is 1. The first kappa shape index (κ1) is 25.5. The van der Waals surface area contributed by atoms with Crippen molar-refractivity contribution in [3.63, 3.8) is 0 Å². The molecule has 1 aliphatic heterocycles. The Kier molecular flexibility index (Phi) is 7.70. The number of hydrogen-bond acceptors (Lipinski definition) is 5. The monoisotopic (exact) mass is 494 g/mol. The molecule has 0 aliphatic carbocycles. The molecule has 0 saturated carbocycles. The lowest BCUT2D eigenvalue weighted by molar-refractivity contribution is 0.0725. The molecule has 2 atom stereocenters. The summed E-state index contributed by atoms with van der Waals surface area (Å²) in [6.45, 7) is 10.7. The van der Waals surface area contributed by atoms with Crippen LogP contribution in [0.5, 0.6) is 11.5 Å². The predicted octanol–water partition coefficient (Wildman–Crippen LogP) is 7.74. The Morgan fingerprint density at radius 1 is 1.06 bits per heavy atom. The molecule has 1 saturated heterocycles. The average molecular weight is 495 g/mol. The van der Waals surface area contributed by atoms with Gasteiger partial charge in [0.1, 0.15) is 11.5 Å². The average Bonchev–Trinajstić information content (AvgIpc) is 2.81. The molecule has 0 radical (unpaired) electrons. The summed E-state index contributed by atoms with van der Waals surface area (Å²) in [7, 11) is -3.38. The summed E-state index contributed by atoms with van der Waals surface area (Å²) in [4.78, 5) is 0. The maximum absolute atomic E-state index is 13.3. The van der Waals surface area contributed by atoms with E-state index in [9.17, 15) is 9.67 Å². The maximum atomic E-state index is 13.3. The van der Waals surface area contributed by atoms with Gasteiger partial charge in [0.2, 0.25) is 0 Å². The van der Waals surface area contributed by atoms with Crippen LogP contribution in [-0.4, -0.2) is 18.1 Å². The number of ether oxygens (including phenoxy) is 1. The smallest absolute Gasteiger partial charge is 0.368 e. The van der Waals surface area contributed by atoms with Crippen molar-refractivity contribution < 1.29 is 23.5 Å². The van der Waals surface area contributed by atoms with E-state index in [1.54, 1.807) is 6.07 Å². The largest absolute Gasteiger partial charge is 0.508 e. The number of phenols is 1. The van der Waals surface area contributed by atoms with Gasteiger partial charge >= 0.3 is 7.60 Å². The van der Waals surface area contributed by atoms with Crippen molar-refractivity contribution in [2.45, 2.75) is 59.5 Å². The molecular weight excluding hydrogens is 459 g/mol. The molecule has 3 aromatic rings. The van der Waals surface area contributed by atoms with Crippen molar-refractivity contribution in [3.05, 3.63) is 93.5 Å². The van der Waals surface area contributed by atoms with Crippen LogP contribution < -0.4 is 4.74 Å². The van der Waals surface area contributed by atoms with E-state index in [2.05, 4.69) is 39.8 Å². The molecule has 1 fully saturated rings. The topological polar surface area (TPSA) is 65.0 Å². The minimum absolute atomic E-state index is 0.122. The first-order valence-electron chi connectivity index (χ1n) is 12.2. The van der Waals surface area contributed by atoms with Crippen molar-refractivity contribution >= 4 is 7.60 Å². The van der Waals surface area contributed by atoms with Crippen molar-refractivity contribution in [3.8, 4) is 11.5 Å². The zero-order chi connectivity index (χ0) is 25.2. The first-order valence-corrected chi connectivity index (χ1v) is 13.9. The molecule has 0 bridgehead atoms. The Bertz CT molecular complexity index is 1230. The van der Waals surface area contributed by atoms with E-state index < -0.39 is 7.60 Å². The van der Waals surface area contributed by atoms with Crippen LogP contribution in [0.15, 0.2) is 54.6 Å². The molecule has 1 N–H and O–H groups in total. The van der Waals surface area contributed by atoms with Gasteiger partial charge in [-0.1, -0.05) is 55.8 Å². The van der Waals surface area contributed by atoms with Gasteiger partial charge in [0, 0.05) is 6.42 Å². The maximum Gasteiger partial charge on any atom is 0.368 e. The van der Waals surface area contributed by atoms with Crippen molar-refractivity contribution in [1.82, 2.24) is 0 Å². The molecule has 0 amide bonds. The quantitative estimate of drug-likeness (QED) is 0.340. The van der Waals surface area contributed by atoms with Crippen molar-refractivity contribution in [2.75, 3.05) is 13.0 Å². The summed E-state index contributed by atoms with van der Waals surface area (Å²) in [5, 5.41) is 10.1. The fourth-order valence-electron chi connectivity index (χ4n) is 4.59. The second-order valence-corrected chi connectivity index (χ2v) is 11.7. The summed E-state index contributed by atoms with van der Waals surface area (Å²) >= 11 is 0. The van der Waals surface area contributed by atoms with Gasteiger partial charge < -0.3 is 14.4 Å². The van der Waals surface area contributed by atoms with E-state index in [0.29, 0.717) is 24.5 Å². The summed E-state index contributed by atoms with van der Waals surface area (Å²) in [5.41, 5.74) is 7.68. The molecule has 35 heavy (non-hydrogen) atoms. The summed E-state index contributed by atoms with van der Waals surface area (Å²) in [6, 6.07) is 17.8. The standard InChI is InChI=1S/C29H35O5P/c1-19(2)26-16-23(9-10-28(26)30)17-27-21(4)14-25(15-22(27)5)32-18-35(31)33-12-11-29(34-35)24-8-6-7-20(3)13-24/h6-10,13-16,19,29-30H,11-12,17-18H2,1-5H3/t29-,35+/m1/s1. The number of rotatable bonds is 7. The third-order valence-electron chi connectivity index (χ3n) is 6.52. The lowest BCUT2D eigenvalue weighted by Gasteiger charge is -2.30. The molecular formula is C29H35O5P. The van der Waals surface area contributed by atoms with E-state index >= 15 is 0 Å². The Labute approximate surface area is 208 Å². The zero-order valence-corrected chi connectivity index (χ0v) is 22.1. The van der Waals surface area contributed by atoms with Gasteiger partial charge in [0.15, 0.2) is 6.35 Å². The van der Waals surface area contributed by atoms with Crippen molar-refractivity contribution in [2.24, 2.45) is 0 Å². The molecule has 186 valence electrons. The minimum atomic E-state index is -3.38. The molecule has 3 aromatic carbocycles. The minimum Gasteiger partial charge on any atom is -0.508 e. The van der Waals surface area contributed by atoms with E-state index in [1.165, 1.54) is 5.56 Å².